The highest BCUT2D eigenvalue weighted by Crippen LogP contribution is 2.26. The Morgan fingerprint density at radius 1 is 1.15 bits per heavy atom. The SMILES string of the molecule is Cc1cccc(CCCNC(=O)CN(c2ccccc2Cl)S(C)(=O)=O)c1. The Bertz CT molecular complexity index is 869. The number of sulfonamides is 1. The third kappa shape index (κ3) is 6.04. The Morgan fingerprint density at radius 2 is 1.88 bits per heavy atom. The zero-order chi connectivity index (χ0) is 19.2. The maximum absolute atomic E-state index is 12.2. The van der Waals surface area contributed by atoms with Crippen molar-refractivity contribution < 1.29 is 13.2 Å². The topological polar surface area (TPSA) is 66.5 Å². The molecule has 140 valence electrons. The fraction of sp³-hybridized carbons (Fsp3) is 0.316. The summed E-state index contributed by atoms with van der Waals surface area (Å²) in [5.74, 6) is -0.361. The first-order valence-electron chi connectivity index (χ1n) is 8.32. The van der Waals surface area contributed by atoms with Crippen LogP contribution in [0.15, 0.2) is 48.5 Å². The average molecular weight is 395 g/mol. The summed E-state index contributed by atoms with van der Waals surface area (Å²) in [7, 11) is -3.63. The van der Waals surface area contributed by atoms with Crippen LogP contribution in [0.3, 0.4) is 0 Å². The average Bonchev–Trinajstić information content (AvgIpc) is 2.56. The van der Waals surface area contributed by atoms with Gasteiger partial charge in [0, 0.05) is 6.54 Å². The van der Waals surface area contributed by atoms with Crippen molar-refractivity contribution in [1.82, 2.24) is 5.32 Å². The molecule has 0 atom stereocenters. The molecule has 0 spiro atoms. The van der Waals surface area contributed by atoms with Crippen molar-refractivity contribution in [3.8, 4) is 0 Å². The molecule has 2 aromatic rings. The van der Waals surface area contributed by atoms with Gasteiger partial charge >= 0.3 is 0 Å². The van der Waals surface area contributed by atoms with Crippen molar-refractivity contribution in [2.24, 2.45) is 0 Å². The Kier molecular flexibility index (Phi) is 7.06. The van der Waals surface area contributed by atoms with E-state index in [1.165, 1.54) is 11.1 Å². The number of benzene rings is 2. The molecule has 1 N–H and O–H groups in total. The molecule has 0 heterocycles. The zero-order valence-electron chi connectivity index (χ0n) is 14.9. The molecule has 2 rings (SSSR count). The summed E-state index contributed by atoms with van der Waals surface area (Å²) in [5.41, 5.74) is 2.72. The molecule has 2 aromatic carbocycles. The molecular weight excluding hydrogens is 372 g/mol. The van der Waals surface area contributed by atoms with Gasteiger partial charge in [-0.25, -0.2) is 8.42 Å². The Morgan fingerprint density at radius 3 is 2.54 bits per heavy atom. The molecular formula is C19H23ClN2O3S. The van der Waals surface area contributed by atoms with Gasteiger partial charge in [0.05, 0.1) is 17.0 Å². The quantitative estimate of drug-likeness (QED) is 0.699. The predicted octanol–water partition coefficient (Wildman–Crippen LogP) is 3.16. The first-order chi connectivity index (χ1) is 12.3. The first-order valence-corrected chi connectivity index (χ1v) is 10.5. The minimum Gasteiger partial charge on any atom is -0.355 e. The summed E-state index contributed by atoms with van der Waals surface area (Å²) in [4.78, 5) is 12.2. The first kappa shape index (κ1) is 20.3. The molecule has 0 bridgehead atoms. The zero-order valence-corrected chi connectivity index (χ0v) is 16.5. The number of halogens is 1. The summed E-state index contributed by atoms with van der Waals surface area (Å²) >= 11 is 6.08. The van der Waals surface area contributed by atoms with Gasteiger partial charge in [0.1, 0.15) is 6.54 Å². The molecule has 0 saturated carbocycles. The van der Waals surface area contributed by atoms with Crippen molar-refractivity contribution in [3.05, 3.63) is 64.7 Å². The molecule has 7 heteroatoms. The number of aryl methyl sites for hydroxylation is 2. The molecule has 0 aromatic heterocycles. The van der Waals surface area contributed by atoms with Crippen LogP contribution >= 0.6 is 11.6 Å². The van der Waals surface area contributed by atoms with Crippen molar-refractivity contribution in [1.29, 1.82) is 0 Å². The largest absolute Gasteiger partial charge is 0.355 e. The van der Waals surface area contributed by atoms with Crippen LogP contribution in [0, 0.1) is 6.92 Å². The monoisotopic (exact) mass is 394 g/mol. The molecule has 0 fully saturated rings. The van der Waals surface area contributed by atoms with E-state index in [4.69, 9.17) is 11.6 Å². The molecule has 0 unspecified atom stereocenters. The molecule has 26 heavy (non-hydrogen) atoms. The smallest absolute Gasteiger partial charge is 0.240 e. The number of nitrogens with one attached hydrogen (secondary N) is 1. The second-order valence-corrected chi connectivity index (χ2v) is 8.48. The van der Waals surface area contributed by atoms with E-state index in [1.807, 2.05) is 19.1 Å². The fourth-order valence-electron chi connectivity index (χ4n) is 2.61. The third-order valence-corrected chi connectivity index (χ3v) is 5.30. The lowest BCUT2D eigenvalue weighted by molar-refractivity contribution is -0.119. The third-order valence-electron chi connectivity index (χ3n) is 3.86. The molecule has 1 amide bonds. The van der Waals surface area contributed by atoms with Gasteiger partial charge in [-0.15, -0.1) is 0 Å². The van der Waals surface area contributed by atoms with E-state index in [9.17, 15) is 13.2 Å². The fourth-order valence-corrected chi connectivity index (χ4v) is 3.77. The maximum Gasteiger partial charge on any atom is 0.240 e. The van der Waals surface area contributed by atoms with Crippen LogP contribution in [-0.2, 0) is 21.2 Å². The van der Waals surface area contributed by atoms with Crippen molar-refractivity contribution in [2.75, 3.05) is 23.7 Å². The number of carbonyl (C=O) groups is 1. The molecule has 0 aliphatic rings. The maximum atomic E-state index is 12.2. The molecule has 0 aliphatic heterocycles. The number of para-hydroxylation sites is 1. The van der Waals surface area contributed by atoms with Crippen LogP contribution in [0.25, 0.3) is 0 Å². The van der Waals surface area contributed by atoms with Gasteiger partial charge in [0.15, 0.2) is 0 Å². The summed E-state index contributed by atoms with van der Waals surface area (Å²) in [6.45, 7) is 2.22. The van der Waals surface area contributed by atoms with E-state index in [0.717, 1.165) is 23.4 Å². The van der Waals surface area contributed by atoms with Gasteiger partial charge < -0.3 is 5.32 Å². The van der Waals surface area contributed by atoms with Gasteiger partial charge in [0.2, 0.25) is 15.9 Å². The number of hydrogen-bond acceptors (Lipinski definition) is 3. The van der Waals surface area contributed by atoms with Crippen LogP contribution in [-0.4, -0.2) is 33.7 Å². The molecule has 0 saturated heterocycles. The standard InChI is InChI=1S/C19H23ClN2O3S/c1-15-7-5-8-16(13-15)9-6-12-21-19(23)14-22(26(2,24)25)18-11-4-3-10-17(18)20/h3-5,7-8,10-11,13H,6,9,12,14H2,1-2H3,(H,21,23). The Balaban J connectivity index is 1.91. The molecule has 0 aliphatic carbocycles. The molecule has 0 radical (unpaired) electrons. The summed E-state index contributed by atoms with van der Waals surface area (Å²) < 4.78 is 25.1. The van der Waals surface area contributed by atoms with E-state index in [-0.39, 0.29) is 17.5 Å². The summed E-state index contributed by atoms with van der Waals surface area (Å²) in [6, 6.07) is 14.8. The number of anilines is 1. The lowest BCUT2D eigenvalue weighted by Gasteiger charge is -2.22. The van der Waals surface area contributed by atoms with Crippen LogP contribution in [0.5, 0.6) is 0 Å². The van der Waals surface area contributed by atoms with E-state index in [2.05, 4.69) is 17.4 Å². The minimum absolute atomic E-state index is 0.283. The van der Waals surface area contributed by atoms with Crippen molar-refractivity contribution >= 4 is 33.2 Å². The van der Waals surface area contributed by atoms with Crippen LogP contribution < -0.4 is 9.62 Å². The van der Waals surface area contributed by atoms with Gasteiger partial charge in [-0.2, -0.15) is 0 Å². The number of hydrogen-bond donors (Lipinski definition) is 1. The second kappa shape index (κ2) is 9.05. The van der Waals surface area contributed by atoms with E-state index >= 15 is 0 Å². The highest BCUT2D eigenvalue weighted by Gasteiger charge is 2.22. The van der Waals surface area contributed by atoms with Gasteiger partial charge in [-0.1, -0.05) is 53.6 Å². The lowest BCUT2D eigenvalue weighted by Crippen LogP contribution is -2.40. The highest BCUT2D eigenvalue weighted by molar-refractivity contribution is 7.92. The Hall–Kier alpha value is -2.05. The summed E-state index contributed by atoms with van der Waals surface area (Å²) in [5, 5.41) is 3.05. The number of nitrogens with zero attached hydrogens (tertiary/aromatic N) is 1. The van der Waals surface area contributed by atoms with Gasteiger partial charge in [0.25, 0.3) is 0 Å². The van der Waals surface area contributed by atoms with E-state index < -0.39 is 10.0 Å². The van der Waals surface area contributed by atoms with Gasteiger partial charge in [-0.05, 0) is 37.5 Å². The van der Waals surface area contributed by atoms with Crippen LogP contribution in [0.4, 0.5) is 5.69 Å². The number of rotatable bonds is 8. The highest BCUT2D eigenvalue weighted by atomic mass is 35.5. The van der Waals surface area contributed by atoms with Crippen LogP contribution in [0.2, 0.25) is 5.02 Å². The normalized spacial score (nSPS) is 11.2. The predicted molar refractivity (Wildman–Crippen MR) is 106 cm³/mol. The second-order valence-electron chi connectivity index (χ2n) is 6.16. The Labute approximate surface area is 160 Å². The van der Waals surface area contributed by atoms with Gasteiger partial charge in [-0.3, -0.25) is 9.10 Å². The van der Waals surface area contributed by atoms with Crippen LogP contribution in [0.1, 0.15) is 17.5 Å². The van der Waals surface area contributed by atoms with E-state index in [1.54, 1.807) is 24.3 Å². The lowest BCUT2D eigenvalue weighted by atomic mass is 10.1. The number of amides is 1. The molecule has 5 nitrogen and oxygen atoms in total. The number of carbonyl (C=O) groups excluding carboxylic acids is 1. The minimum atomic E-state index is -3.63. The summed E-state index contributed by atoms with van der Waals surface area (Å²) in [6.07, 6.45) is 2.68. The van der Waals surface area contributed by atoms with Crippen molar-refractivity contribution in [3.63, 3.8) is 0 Å². The van der Waals surface area contributed by atoms with Crippen molar-refractivity contribution in [2.45, 2.75) is 19.8 Å². The van der Waals surface area contributed by atoms with E-state index in [0.29, 0.717) is 12.2 Å².